The van der Waals surface area contributed by atoms with Crippen molar-refractivity contribution in [3.05, 3.63) is 59.7 Å². The van der Waals surface area contributed by atoms with E-state index >= 15 is 0 Å². The van der Waals surface area contributed by atoms with Gasteiger partial charge in [-0.1, -0.05) is 62.4 Å². The fourth-order valence-electron chi connectivity index (χ4n) is 5.03. The minimum atomic E-state index is -0.844. The van der Waals surface area contributed by atoms with Gasteiger partial charge in [0, 0.05) is 32.0 Å². The number of amides is 2. The maximum atomic E-state index is 12.5. The summed E-state index contributed by atoms with van der Waals surface area (Å²) < 4.78 is 5.56. The lowest BCUT2D eigenvalue weighted by Crippen LogP contribution is -2.32. The predicted molar refractivity (Wildman–Crippen MR) is 128 cm³/mol. The quantitative estimate of drug-likeness (QED) is 0.613. The first-order valence-corrected chi connectivity index (χ1v) is 11.9. The second-order valence-electron chi connectivity index (χ2n) is 9.57. The van der Waals surface area contributed by atoms with E-state index in [1.807, 2.05) is 38.1 Å². The Morgan fingerprint density at radius 2 is 1.68 bits per heavy atom. The number of hydrogen-bond acceptors (Lipinski definition) is 4. The molecule has 2 aliphatic rings. The average Bonchev–Trinajstić information content (AvgIpc) is 3.38. The van der Waals surface area contributed by atoms with Gasteiger partial charge >= 0.3 is 12.1 Å². The zero-order valence-corrected chi connectivity index (χ0v) is 19.7. The SMILES string of the molecule is CC(CCC(=O)N1C[C@@H](C)[C@H](C(=O)O)C1)CNC(=O)OCC1c2ccccc2-c2ccccc21. The van der Waals surface area contributed by atoms with Crippen LogP contribution in [0.4, 0.5) is 4.79 Å². The number of ether oxygens (including phenoxy) is 1. The molecule has 0 bridgehead atoms. The van der Waals surface area contributed by atoms with Crippen molar-refractivity contribution in [3.8, 4) is 11.1 Å². The van der Waals surface area contributed by atoms with Crippen LogP contribution in [0.2, 0.25) is 0 Å². The molecule has 2 amide bonds. The molecule has 2 N–H and O–H groups in total. The molecule has 1 aliphatic heterocycles. The number of carboxylic acid groups (broad SMARTS) is 1. The summed E-state index contributed by atoms with van der Waals surface area (Å²) in [5.74, 6) is -1.27. The van der Waals surface area contributed by atoms with Gasteiger partial charge in [-0.25, -0.2) is 4.79 Å². The third-order valence-electron chi connectivity index (χ3n) is 7.07. The summed E-state index contributed by atoms with van der Waals surface area (Å²) in [7, 11) is 0. The van der Waals surface area contributed by atoms with Crippen LogP contribution in [0.3, 0.4) is 0 Å². The Morgan fingerprint density at radius 3 is 2.26 bits per heavy atom. The van der Waals surface area contributed by atoms with Gasteiger partial charge in [0.15, 0.2) is 0 Å². The Balaban J connectivity index is 1.21. The van der Waals surface area contributed by atoms with Crippen molar-refractivity contribution in [1.29, 1.82) is 0 Å². The van der Waals surface area contributed by atoms with E-state index in [0.29, 0.717) is 25.9 Å². The first-order valence-electron chi connectivity index (χ1n) is 11.9. The molecule has 1 saturated heterocycles. The lowest BCUT2D eigenvalue weighted by atomic mass is 9.98. The van der Waals surface area contributed by atoms with E-state index in [2.05, 4.69) is 29.6 Å². The molecule has 4 rings (SSSR count). The van der Waals surface area contributed by atoms with E-state index < -0.39 is 18.0 Å². The van der Waals surface area contributed by atoms with Crippen LogP contribution in [0.1, 0.15) is 43.7 Å². The van der Waals surface area contributed by atoms with Gasteiger partial charge in [0.25, 0.3) is 0 Å². The maximum absolute atomic E-state index is 12.5. The molecule has 2 aromatic carbocycles. The molecule has 2 aromatic rings. The number of fused-ring (bicyclic) bond motifs is 3. The molecule has 7 nitrogen and oxygen atoms in total. The number of aliphatic carboxylic acids is 1. The van der Waals surface area contributed by atoms with Gasteiger partial charge in [0.1, 0.15) is 6.61 Å². The third kappa shape index (κ3) is 5.08. The van der Waals surface area contributed by atoms with Gasteiger partial charge in [-0.15, -0.1) is 0 Å². The van der Waals surface area contributed by atoms with Crippen LogP contribution in [0, 0.1) is 17.8 Å². The summed E-state index contributed by atoms with van der Waals surface area (Å²) in [6.07, 6.45) is 0.496. The monoisotopic (exact) mass is 464 g/mol. The maximum Gasteiger partial charge on any atom is 0.407 e. The van der Waals surface area contributed by atoms with Gasteiger partial charge in [-0.3, -0.25) is 9.59 Å². The van der Waals surface area contributed by atoms with Crippen LogP contribution in [-0.4, -0.2) is 54.2 Å². The van der Waals surface area contributed by atoms with Gasteiger partial charge in [0.05, 0.1) is 5.92 Å². The van der Waals surface area contributed by atoms with Crippen molar-refractivity contribution in [2.45, 2.75) is 32.6 Å². The van der Waals surface area contributed by atoms with Crippen molar-refractivity contribution in [1.82, 2.24) is 10.2 Å². The highest BCUT2D eigenvalue weighted by Crippen LogP contribution is 2.44. The number of likely N-dealkylation sites (tertiary alicyclic amines) is 1. The second kappa shape index (κ2) is 10.3. The Kier molecular flexibility index (Phi) is 7.20. The van der Waals surface area contributed by atoms with Gasteiger partial charge in [-0.05, 0) is 40.5 Å². The number of rotatable bonds is 8. The molecule has 180 valence electrons. The summed E-state index contributed by atoms with van der Waals surface area (Å²) in [5, 5.41) is 12.1. The lowest BCUT2D eigenvalue weighted by molar-refractivity contribution is -0.142. The highest BCUT2D eigenvalue weighted by molar-refractivity contribution is 5.80. The van der Waals surface area contributed by atoms with E-state index in [-0.39, 0.29) is 36.8 Å². The van der Waals surface area contributed by atoms with Crippen molar-refractivity contribution in [3.63, 3.8) is 0 Å². The predicted octanol–water partition coefficient (Wildman–Crippen LogP) is 4.12. The van der Waals surface area contributed by atoms with E-state index in [4.69, 9.17) is 4.74 Å². The number of nitrogens with zero attached hydrogens (tertiary/aromatic N) is 1. The summed E-state index contributed by atoms with van der Waals surface area (Å²) in [5.41, 5.74) is 4.72. The van der Waals surface area contributed by atoms with Crippen LogP contribution in [0.5, 0.6) is 0 Å². The van der Waals surface area contributed by atoms with E-state index in [1.165, 1.54) is 22.3 Å². The van der Waals surface area contributed by atoms with E-state index in [9.17, 15) is 19.5 Å². The van der Waals surface area contributed by atoms with Crippen molar-refractivity contribution < 1.29 is 24.2 Å². The number of hydrogen-bond donors (Lipinski definition) is 2. The van der Waals surface area contributed by atoms with Crippen molar-refractivity contribution in [2.24, 2.45) is 17.8 Å². The smallest absolute Gasteiger partial charge is 0.407 e. The lowest BCUT2D eigenvalue weighted by Gasteiger charge is -2.18. The van der Waals surface area contributed by atoms with Crippen molar-refractivity contribution in [2.75, 3.05) is 26.2 Å². The molecule has 0 saturated carbocycles. The fourth-order valence-corrected chi connectivity index (χ4v) is 5.03. The zero-order valence-electron chi connectivity index (χ0n) is 19.7. The third-order valence-corrected chi connectivity index (χ3v) is 7.07. The molecule has 1 fully saturated rings. The Morgan fingerprint density at radius 1 is 1.06 bits per heavy atom. The number of carbonyl (C=O) groups excluding carboxylic acids is 2. The molecule has 0 spiro atoms. The fraction of sp³-hybridized carbons (Fsp3) is 0.444. The molecular formula is C27H32N2O5. The number of alkyl carbamates (subject to hydrolysis) is 1. The second-order valence-corrected chi connectivity index (χ2v) is 9.57. The van der Waals surface area contributed by atoms with Crippen LogP contribution < -0.4 is 5.32 Å². The van der Waals surface area contributed by atoms with Gasteiger partial charge in [0.2, 0.25) is 5.91 Å². The first kappa shape index (κ1) is 23.8. The average molecular weight is 465 g/mol. The molecule has 0 aromatic heterocycles. The molecule has 1 unspecified atom stereocenters. The minimum absolute atomic E-state index is 0.0191. The zero-order chi connectivity index (χ0) is 24.2. The van der Waals surface area contributed by atoms with Crippen LogP contribution >= 0.6 is 0 Å². The Hall–Kier alpha value is -3.35. The van der Waals surface area contributed by atoms with Crippen LogP contribution in [-0.2, 0) is 14.3 Å². The summed E-state index contributed by atoms with van der Waals surface area (Å²) in [4.78, 5) is 37.7. The minimum Gasteiger partial charge on any atom is -0.481 e. The number of nitrogens with one attached hydrogen (secondary N) is 1. The van der Waals surface area contributed by atoms with Gasteiger partial charge in [-0.2, -0.15) is 0 Å². The number of benzene rings is 2. The van der Waals surface area contributed by atoms with E-state index in [1.54, 1.807) is 4.90 Å². The normalized spacial score (nSPS) is 19.9. The van der Waals surface area contributed by atoms with E-state index in [0.717, 1.165) is 0 Å². The number of carbonyl (C=O) groups is 3. The van der Waals surface area contributed by atoms with Gasteiger partial charge < -0.3 is 20.1 Å². The summed E-state index contributed by atoms with van der Waals surface area (Å²) in [6.45, 7) is 5.29. The molecule has 1 aliphatic carbocycles. The topological polar surface area (TPSA) is 95.9 Å². The Labute approximate surface area is 200 Å². The highest BCUT2D eigenvalue weighted by Gasteiger charge is 2.36. The molecule has 0 radical (unpaired) electrons. The Bertz CT molecular complexity index is 1020. The summed E-state index contributed by atoms with van der Waals surface area (Å²) >= 11 is 0. The van der Waals surface area contributed by atoms with Crippen LogP contribution in [0.15, 0.2) is 48.5 Å². The number of carboxylic acids is 1. The van der Waals surface area contributed by atoms with Crippen molar-refractivity contribution >= 4 is 18.0 Å². The molecule has 7 heteroatoms. The molecule has 3 atom stereocenters. The highest BCUT2D eigenvalue weighted by atomic mass is 16.5. The largest absolute Gasteiger partial charge is 0.481 e. The van der Waals surface area contributed by atoms with Crippen LogP contribution in [0.25, 0.3) is 11.1 Å². The first-order chi connectivity index (χ1) is 16.3. The molecule has 1 heterocycles. The summed E-state index contributed by atoms with van der Waals surface area (Å²) in [6, 6.07) is 16.4. The molecular weight excluding hydrogens is 432 g/mol. The molecule has 34 heavy (non-hydrogen) atoms. The standard InChI is InChI=1S/C27H32N2O5/c1-17(11-12-25(30)29-14-18(2)23(15-29)26(31)32)13-28-27(33)34-16-24-21-9-5-3-7-19(21)20-8-4-6-10-22(20)24/h3-10,17-18,23-24H,11-16H2,1-2H3,(H,28,33)(H,31,32)/t17?,18-,23-/m1/s1.